The van der Waals surface area contributed by atoms with Crippen molar-refractivity contribution in [1.29, 1.82) is 0 Å². The summed E-state index contributed by atoms with van der Waals surface area (Å²) in [6, 6.07) is 3.10. The third kappa shape index (κ3) is 2.34. The molecule has 3 N–H and O–H groups in total. The number of aryl methyl sites for hydroxylation is 1. The fraction of sp³-hybridized carbons (Fsp3) is 0.333. The van der Waals surface area contributed by atoms with Gasteiger partial charge in [-0.1, -0.05) is 0 Å². The molecule has 0 aromatic carbocycles. The van der Waals surface area contributed by atoms with Gasteiger partial charge < -0.3 is 15.5 Å². The summed E-state index contributed by atoms with van der Waals surface area (Å²) in [5, 5.41) is 24.5. The quantitative estimate of drug-likeness (QED) is 0.696. The van der Waals surface area contributed by atoms with Crippen LogP contribution < -0.4 is 5.32 Å². The van der Waals surface area contributed by atoms with Crippen molar-refractivity contribution in [2.24, 2.45) is 0 Å². The Balaban J connectivity index is 2.30. The highest BCUT2D eigenvalue weighted by Gasteiger charge is 2.16. The molecule has 0 unspecified atom stereocenters. The minimum atomic E-state index is -0.655. The normalized spacial score (nSPS) is 11.1. The van der Waals surface area contributed by atoms with Gasteiger partial charge >= 0.3 is 0 Å². The van der Waals surface area contributed by atoms with E-state index in [1.54, 1.807) is 10.7 Å². The first kappa shape index (κ1) is 12.5. The maximum atomic E-state index is 12.0. The minimum absolute atomic E-state index is 0.305. The number of nitrogens with zero attached hydrogens (tertiary/aromatic N) is 2. The van der Waals surface area contributed by atoms with Crippen LogP contribution >= 0.6 is 0 Å². The molecule has 0 aliphatic carbocycles. The highest BCUT2D eigenvalue weighted by molar-refractivity contribution is 6.00. The summed E-state index contributed by atoms with van der Waals surface area (Å²) in [5.41, 5.74) is 2.14. The molecule has 0 spiro atoms. The number of hydrogen-bond donors (Lipinski definition) is 3. The second-order valence-corrected chi connectivity index (χ2v) is 4.13. The smallest absolute Gasteiger partial charge is 0.255 e. The standard InChI is InChI=1S/C12H15N3O3/c1-8-2-3-15-11(4-8)10(5-13-15)12(18)14-9(6-16)7-17/h2-5,9,16-17H,6-7H2,1H3,(H,14,18). The summed E-state index contributed by atoms with van der Waals surface area (Å²) < 4.78 is 1.61. The lowest BCUT2D eigenvalue weighted by molar-refractivity contribution is 0.0881. The van der Waals surface area contributed by atoms with E-state index < -0.39 is 6.04 Å². The van der Waals surface area contributed by atoms with Crippen LogP contribution in [0.15, 0.2) is 24.5 Å². The number of pyridine rings is 1. The first-order valence-corrected chi connectivity index (χ1v) is 5.62. The van der Waals surface area contributed by atoms with Crippen molar-refractivity contribution in [1.82, 2.24) is 14.9 Å². The molecule has 0 atom stereocenters. The van der Waals surface area contributed by atoms with Gasteiger partial charge in [-0.05, 0) is 24.6 Å². The molecule has 2 aromatic rings. The molecule has 0 aliphatic heterocycles. The number of carbonyl (C=O) groups excluding carboxylic acids is 1. The van der Waals surface area contributed by atoms with Gasteiger partial charge in [0.05, 0.1) is 36.5 Å². The van der Waals surface area contributed by atoms with Crippen molar-refractivity contribution in [2.75, 3.05) is 13.2 Å². The van der Waals surface area contributed by atoms with E-state index in [0.717, 1.165) is 5.56 Å². The van der Waals surface area contributed by atoms with Gasteiger partial charge in [0.15, 0.2) is 0 Å². The monoisotopic (exact) mass is 249 g/mol. The number of amides is 1. The SMILES string of the molecule is Cc1ccn2ncc(C(=O)NC(CO)CO)c2c1. The second kappa shape index (κ2) is 5.16. The van der Waals surface area contributed by atoms with E-state index >= 15 is 0 Å². The first-order chi connectivity index (χ1) is 8.65. The van der Waals surface area contributed by atoms with Crippen LogP contribution in [0.4, 0.5) is 0 Å². The highest BCUT2D eigenvalue weighted by Crippen LogP contribution is 2.12. The van der Waals surface area contributed by atoms with Gasteiger partial charge in [0.2, 0.25) is 0 Å². The first-order valence-electron chi connectivity index (χ1n) is 5.62. The summed E-state index contributed by atoms with van der Waals surface area (Å²) in [6.45, 7) is 1.32. The lowest BCUT2D eigenvalue weighted by atomic mass is 10.2. The molecule has 0 saturated carbocycles. The van der Waals surface area contributed by atoms with E-state index in [4.69, 9.17) is 10.2 Å². The molecular formula is C12H15N3O3. The third-order valence-electron chi connectivity index (χ3n) is 2.70. The number of rotatable bonds is 4. The van der Waals surface area contributed by atoms with Crippen LogP contribution in [0.2, 0.25) is 0 Å². The Bertz CT molecular complexity index is 561. The molecule has 18 heavy (non-hydrogen) atoms. The van der Waals surface area contributed by atoms with Crippen LogP contribution in [-0.4, -0.2) is 45.0 Å². The van der Waals surface area contributed by atoms with Crippen LogP contribution in [0, 0.1) is 6.92 Å². The Hall–Kier alpha value is -1.92. The molecular weight excluding hydrogens is 234 g/mol. The van der Waals surface area contributed by atoms with Crippen molar-refractivity contribution < 1.29 is 15.0 Å². The van der Waals surface area contributed by atoms with E-state index in [1.165, 1.54) is 6.20 Å². The molecule has 0 saturated heterocycles. The Morgan fingerprint density at radius 1 is 1.50 bits per heavy atom. The predicted octanol–water partition coefficient (Wildman–Crippen LogP) is -0.274. The molecule has 6 nitrogen and oxygen atoms in total. The molecule has 2 rings (SSSR count). The van der Waals surface area contributed by atoms with E-state index in [2.05, 4.69) is 10.4 Å². The van der Waals surface area contributed by atoms with E-state index in [0.29, 0.717) is 11.1 Å². The van der Waals surface area contributed by atoms with Crippen molar-refractivity contribution in [3.05, 3.63) is 35.7 Å². The lowest BCUT2D eigenvalue weighted by Gasteiger charge is -2.12. The number of fused-ring (bicyclic) bond motifs is 1. The Morgan fingerprint density at radius 3 is 2.89 bits per heavy atom. The molecule has 1 amide bonds. The van der Waals surface area contributed by atoms with Crippen LogP contribution in [0.1, 0.15) is 15.9 Å². The number of aliphatic hydroxyl groups excluding tert-OH is 2. The van der Waals surface area contributed by atoms with Crippen LogP contribution in [0.25, 0.3) is 5.52 Å². The zero-order valence-electron chi connectivity index (χ0n) is 10.00. The van der Waals surface area contributed by atoms with E-state index in [9.17, 15) is 4.79 Å². The van der Waals surface area contributed by atoms with Gasteiger partial charge in [-0.2, -0.15) is 5.10 Å². The Kier molecular flexibility index (Phi) is 3.59. The fourth-order valence-corrected chi connectivity index (χ4v) is 1.67. The van der Waals surface area contributed by atoms with Crippen LogP contribution in [-0.2, 0) is 0 Å². The number of nitrogens with one attached hydrogen (secondary N) is 1. The highest BCUT2D eigenvalue weighted by atomic mass is 16.3. The summed E-state index contributed by atoms with van der Waals surface area (Å²) in [5.74, 6) is -0.358. The summed E-state index contributed by atoms with van der Waals surface area (Å²) in [7, 11) is 0. The van der Waals surface area contributed by atoms with Gasteiger partial charge in [-0.3, -0.25) is 4.79 Å². The molecule has 0 bridgehead atoms. The number of aliphatic hydroxyl groups is 2. The second-order valence-electron chi connectivity index (χ2n) is 4.13. The van der Waals surface area contributed by atoms with Gasteiger partial charge in [0.1, 0.15) is 0 Å². The Labute approximate surface area is 104 Å². The summed E-state index contributed by atoms with van der Waals surface area (Å²) >= 11 is 0. The zero-order valence-corrected chi connectivity index (χ0v) is 10.00. The average molecular weight is 249 g/mol. The van der Waals surface area contributed by atoms with Gasteiger partial charge in [-0.15, -0.1) is 0 Å². The van der Waals surface area contributed by atoms with Gasteiger partial charge in [0.25, 0.3) is 5.91 Å². The van der Waals surface area contributed by atoms with E-state index in [-0.39, 0.29) is 19.1 Å². The molecule has 2 aromatic heterocycles. The number of carbonyl (C=O) groups is 1. The van der Waals surface area contributed by atoms with Crippen molar-refractivity contribution >= 4 is 11.4 Å². The fourth-order valence-electron chi connectivity index (χ4n) is 1.67. The Morgan fingerprint density at radius 2 is 2.22 bits per heavy atom. The number of aromatic nitrogens is 2. The summed E-state index contributed by atoms with van der Waals surface area (Å²) in [6.07, 6.45) is 3.24. The van der Waals surface area contributed by atoms with E-state index in [1.807, 2.05) is 19.1 Å². The topological polar surface area (TPSA) is 86.9 Å². The van der Waals surface area contributed by atoms with Crippen molar-refractivity contribution in [2.45, 2.75) is 13.0 Å². The molecule has 0 aliphatic rings. The lowest BCUT2D eigenvalue weighted by Crippen LogP contribution is -2.40. The summed E-state index contributed by atoms with van der Waals surface area (Å²) in [4.78, 5) is 12.0. The van der Waals surface area contributed by atoms with Gasteiger partial charge in [-0.25, -0.2) is 4.52 Å². The molecule has 6 heteroatoms. The van der Waals surface area contributed by atoms with Crippen molar-refractivity contribution in [3.63, 3.8) is 0 Å². The average Bonchev–Trinajstić information content (AvgIpc) is 2.78. The molecule has 96 valence electrons. The molecule has 0 fully saturated rings. The maximum Gasteiger partial charge on any atom is 0.255 e. The largest absolute Gasteiger partial charge is 0.394 e. The van der Waals surface area contributed by atoms with Crippen LogP contribution in [0.3, 0.4) is 0 Å². The van der Waals surface area contributed by atoms with Crippen LogP contribution in [0.5, 0.6) is 0 Å². The van der Waals surface area contributed by atoms with Crippen molar-refractivity contribution in [3.8, 4) is 0 Å². The molecule has 2 heterocycles. The molecule has 0 radical (unpaired) electrons. The predicted molar refractivity (Wildman–Crippen MR) is 65.4 cm³/mol. The maximum absolute atomic E-state index is 12.0. The van der Waals surface area contributed by atoms with Gasteiger partial charge in [0, 0.05) is 6.20 Å². The third-order valence-corrected chi connectivity index (χ3v) is 2.70. The zero-order chi connectivity index (χ0) is 13.1. The minimum Gasteiger partial charge on any atom is -0.394 e. The number of hydrogen-bond acceptors (Lipinski definition) is 4.